The molecular formula is C11H16BrNO. The fourth-order valence-electron chi connectivity index (χ4n) is 1.46. The lowest BCUT2D eigenvalue weighted by Crippen LogP contribution is -2.26. The number of nitrogens with two attached hydrogens (primary N) is 1. The molecule has 0 fully saturated rings. The van der Waals surface area contributed by atoms with Crippen LogP contribution in [-0.4, -0.2) is 6.61 Å². The number of hydrogen-bond donors (Lipinski definition) is 1. The molecule has 0 amide bonds. The Balaban J connectivity index is 3.06. The molecule has 1 rings (SSSR count). The minimum absolute atomic E-state index is 0.0682. The van der Waals surface area contributed by atoms with E-state index in [2.05, 4.69) is 54.9 Å². The summed E-state index contributed by atoms with van der Waals surface area (Å²) in [5.41, 5.74) is 2.39. The molecule has 0 aliphatic heterocycles. The monoisotopic (exact) mass is 257 g/mol. The minimum atomic E-state index is -0.0682. The average Bonchev–Trinajstić information content (AvgIpc) is 2.02. The summed E-state index contributed by atoms with van der Waals surface area (Å²) in [4.78, 5) is 4.73. The van der Waals surface area contributed by atoms with Gasteiger partial charge in [0.1, 0.15) is 0 Å². The highest BCUT2D eigenvalue weighted by atomic mass is 79.9. The zero-order chi connectivity index (χ0) is 10.8. The predicted molar refractivity (Wildman–Crippen MR) is 62.0 cm³/mol. The van der Waals surface area contributed by atoms with Gasteiger partial charge in [-0.3, -0.25) is 0 Å². The van der Waals surface area contributed by atoms with Gasteiger partial charge in [0.15, 0.2) is 0 Å². The molecule has 0 aromatic heterocycles. The molecule has 0 aliphatic rings. The third-order valence-corrected chi connectivity index (χ3v) is 2.95. The van der Waals surface area contributed by atoms with Crippen LogP contribution >= 0.6 is 15.9 Å². The first kappa shape index (κ1) is 11.7. The highest BCUT2D eigenvalue weighted by Gasteiger charge is 2.23. The number of benzene rings is 1. The molecular weight excluding hydrogens is 242 g/mol. The van der Waals surface area contributed by atoms with Gasteiger partial charge in [-0.15, -0.1) is 0 Å². The van der Waals surface area contributed by atoms with Crippen molar-refractivity contribution in [2.75, 3.05) is 6.61 Å². The quantitative estimate of drug-likeness (QED) is 0.846. The van der Waals surface area contributed by atoms with Crippen molar-refractivity contribution in [2.45, 2.75) is 26.2 Å². The molecule has 0 heterocycles. The van der Waals surface area contributed by atoms with E-state index in [-0.39, 0.29) is 5.41 Å². The van der Waals surface area contributed by atoms with Crippen molar-refractivity contribution in [3.05, 3.63) is 33.8 Å². The van der Waals surface area contributed by atoms with Gasteiger partial charge in [0, 0.05) is 9.89 Å². The van der Waals surface area contributed by atoms with Crippen molar-refractivity contribution in [2.24, 2.45) is 5.90 Å². The van der Waals surface area contributed by atoms with Gasteiger partial charge in [0.2, 0.25) is 0 Å². The lowest BCUT2D eigenvalue weighted by atomic mass is 9.85. The Morgan fingerprint density at radius 3 is 2.57 bits per heavy atom. The zero-order valence-corrected chi connectivity index (χ0v) is 10.4. The van der Waals surface area contributed by atoms with Crippen LogP contribution in [-0.2, 0) is 10.3 Å². The Labute approximate surface area is 93.5 Å². The summed E-state index contributed by atoms with van der Waals surface area (Å²) in [7, 11) is 0. The summed E-state index contributed by atoms with van der Waals surface area (Å²) in [5.74, 6) is 5.12. The summed E-state index contributed by atoms with van der Waals surface area (Å²) in [6.07, 6.45) is 0. The fraction of sp³-hybridized carbons (Fsp3) is 0.455. The molecule has 2 N–H and O–H groups in total. The van der Waals surface area contributed by atoms with Gasteiger partial charge in [0.05, 0.1) is 6.61 Å². The molecule has 78 valence electrons. The third-order valence-electron chi connectivity index (χ3n) is 2.30. The van der Waals surface area contributed by atoms with Gasteiger partial charge < -0.3 is 4.84 Å². The number of hydrogen-bond acceptors (Lipinski definition) is 2. The highest BCUT2D eigenvalue weighted by Crippen LogP contribution is 2.30. The molecule has 0 bridgehead atoms. The number of halogens is 1. The number of rotatable bonds is 3. The zero-order valence-electron chi connectivity index (χ0n) is 8.80. The van der Waals surface area contributed by atoms with Crippen molar-refractivity contribution in [3.8, 4) is 0 Å². The number of aryl methyl sites for hydroxylation is 1. The van der Waals surface area contributed by atoms with E-state index < -0.39 is 0 Å². The molecule has 2 nitrogen and oxygen atoms in total. The second-order valence-electron chi connectivity index (χ2n) is 4.18. The van der Waals surface area contributed by atoms with Crippen molar-refractivity contribution in [1.29, 1.82) is 0 Å². The molecule has 0 saturated heterocycles. The van der Waals surface area contributed by atoms with Crippen LogP contribution in [0.3, 0.4) is 0 Å². The second kappa shape index (κ2) is 4.43. The third kappa shape index (κ3) is 2.56. The summed E-state index contributed by atoms with van der Waals surface area (Å²) >= 11 is 3.56. The molecule has 0 spiro atoms. The van der Waals surface area contributed by atoms with Gasteiger partial charge >= 0.3 is 0 Å². The highest BCUT2D eigenvalue weighted by molar-refractivity contribution is 9.10. The van der Waals surface area contributed by atoms with Crippen LogP contribution in [0.2, 0.25) is 0 Å². The van der Waals surface area contributed by atoms with Gasteiger partial charge in [-0.05, 0) is 24.1 Å². The maximum Gasteiger partial charge on any atom is 0.0770 e. The molecule has 0 radical (unpaired) electrons. The average molecular weight is 258 g/mol. The van der Waals surface area contributed by atoms with Gasteiger partial charge in [-0.25, -0.2) is 5.90 Å². The summed E-state index contributed by atoms with van der Waals surface area (Å²) < 4.78 is 1.11. The van der Waals surface area contributed by atoms with Crippen molar-refractivity contribution >= 4 is 15.9 Å². The van der Waals surface area contributed by atoms with Crippen LogP contribution in [0.1, 0.15) is 25.0 Å². The van der Waals surface area contributed by atoms with Crippen molar-refractivity contribution in [1.82, 2.24) is 0 Å². The van der Waals surface area contributed by atoms with Crippen LogP contribution in [0, 0.1) is 6.92 Å². The first-order valence-corrected chi connectivity index (χ1v) is 5.35. The Bertz CT molecular complexity index is 323. The Morgan fingerprint density at radius 1 is 1.43 bits per heavy atom. The molecule has 3 heteroatoms. The van der Waals surface area contributed by atoms with Crippen LogP contribution < -0.4 is 5.90 Å². The molecule has 0 atom stereocenters. The van der Waals surface area contributed by atoms with E-state index in [1.54, 1.807) is 0 Å². The molecule has 0 saturated carbocycles. The van der Waals surface area contributed by atoms with E-state index in [4.69, 9.17) is 10.7 Å². The van der Waals surface area contributed by atoms with Crippen LogP contribution in [0.4, 0.5) is 0 Å². The van der Waals surface area contributed by atoms with Crippen LogP contribution in [0.5, 0.6) is 0 Å². The minimum Gasteiger partial charge on any atom is -0.304 e. The Morgan fingerprint density at radius 2 is 2.07 bits per heavy atom. The first-order chi connectivity index (χ1) is 6.47. The van der Waals surface area contributed by atoms with Gasteiger partial charge in [0.25, 0.3) is 0 Å². The van der Waals surface area contributed by atoms with E-state index in [0.717, 1.165) is 4.47 Å². The van der Waals surface area contributed by atoms with Crippen LogP contribution in [0.25, 0.3) is 0 Å². The molecule has 14 heavy (non-hydrogen) atoms. The Kier molecular flexibility index (Phi) is 3.70. The first-order valence-electron chi connectivity index (χ1n) is 4.55. The van der Waals surface area contributed by atoms with E-state index in [1.165, 1.54) is 11.1 Å². The predicted octanol–water partition coefficient (Wildman–Crippen LogP) is 2.93. The fourth-order valence-corrected chi connectivity index (χ4v) is 2.49. The maximum absolute atomic E-state index is 5.12. The van der Waals surface area contributed by atoms with Gasteiger partial charge in [-0.2, -0.15) is 0 Å². The standard InChI is InChI=1S/C11H16BrNO/c1-8-4-5-9(10(12)6-8)11(2,3)7-14-13/h4-6H,7,13H2,1-3H3. The lowest BCUT2D eigenvalue weighted by molar-refractivity contribution is 0.0962. The normalized spacial score (nSPS) is 11.8. The largest absolute Gasteiger partial charge is 0.304 e. The van der Waals surface area contributed by atoms with Crippen molar-refractivity contribution < 1.29 is 4.84 Å². The molecule has 0 unspecified atom stereocenters. The second-order valence-corrected chi connectivity index (χ2v) is 5.03. The van der Waals surface area contributed by atoms with E-state index >= 15 is 0 Å². The molecule has 1 aromatic carbocycles. The van der Waals surface area contributed by atoms with E-state index in [1.807, 2.05) is 0 Å². The summed E-state index contributed by atoms with van der Waals surface area (Å²) in [5, 5.41) is 0. The SMILES string of the molecule is Cc1ccc(C(C)(C)CON)c(Br)c1. The molecule has 1 aromatic rings. The van der Waals surface area contributed by atoms with E-state index in [9.17, 15) is 0 Å². The summed E-state index contributed by atoms with van der Waals surface area (Å²) in [6, 6.07) is 6.31. The van der Waals surface area contributed by atoms with Gasteiger partial charge in [-0.1, -0.05) is 41.9 Å². The Hall–Kier alpha value is -0.380. The smallest absolute Gasteiger partial charge is 0.0770 e. The summed E-state index contributed by atoms with van der Waals surface area (Å²) in [6.45, 7) is 6.79. The van der Waals surface area contributed by atoms with Crippen LogP contribution in [0.15, 0.2) is 22.7 Å². The van der Waals surface area contributed by atoms with Crippen molar-refractivity contribution in [3.63, 3.8) is 0 Å². The maximum atomic E-state index is 5.12. The van der Waals surface area contributed by atoms with E-state index in [0.29, 0.717) is 6.61 Å². The lowest BCUT2D eigenvalue weighted by Gasteiger charge is -2.25. The molecule has 0 aliphatic carbocycles. The topological polar surface area (TPSA) is 35.2 Å².